The Morgan fingerprint density at radius 1 is 0.714 bits per heavy atom. The number of rotatable bonds is 8. The zero-order chi connectivity index (χ0) is 24.1. The van der Waals surface area contributed by atoms with Gasteiger partial charge in [-0.25, -0.2) is 17.7 Å². The van der Waals surface area contributed by atoms with Crippen molar-refractivity contribution >= 4 is 15.8 Å². The predicted molar refractivity (Wildman–Crippen MR) is 137 cm³/mol. The summed E-state index contributed by atoms with van der Waals surface area (Å²) >= 11 is 0. The van der Waals surface area contributed by atoms with Gasteiger partial charge in [-0.2, -0.15) is 5.10 Å². The average Bonchev–Trinajstić information content (AvgIpc) is 3.34. The molecule has 5 aromatic rings. The molecule has 0 saturated carbocycles. The van der Waals surface area contributed by atoms with E-state index in [0.717, 1.165) is 16.7 Å². The molecule has 0 N–H and O–H groups in total. The Morgan fingerprint density at radius 3 is 1.94 bits per heavy atom. The van der Waals surface area contributed by atoms with Crippen molar-refractivity contribution in [3.05, 3.63) is 133 Å². The summed E-state index contributed by atoms with van der Waals surface area (Å²) in [6.07, 6.45) is 3.21. The van der Waals surface area contributed by atoms with Gasteiger partial charge in [0.2, 0.25) is 0 Å². The average molecular weight is 481 g/mol. The van der Waals surface area contributed by atoms with Crippen molar-refractivity contribution in [3.63, 3.8) is 0 Å². The van der Waals surface area contributed by atoms with Gasteiger partial charge in [0.15, 0.2) is 0 Å². The molecule has 174 valence electrons. The quantitative estimate of drug-likeness (QED) is 0.299. The highest BCUT2D eigenvalue weighted by Gasteiger charge is 2.31. The highest BCUT2D eigenvalue weighted by Crippen LogP contribution is 2.31. The summed E-state index contributed by atoms with van der Waals surface area (Å²) in [5.41, 5.74) is 3.04. The van der Waals surface area contributed by atoms with Crippen LogP contribution in [0.15, 0.2) is 126 Å². The third kappa shape index (κ3) is 5.00. The van der Waals surface area contributed by atoms with Crippen molar-refractivity contribution in [2.45, 2.75) is 18.0 Å². The zero-order valence-corrected chi connectivity index (χ0v) is 19.8. The predicted octanol–water partition coefficient (Wildman–Crippen LogP) is 5.39. The molecule has 0 amide bonds. The maximum absolute atomic E-state index is 14.2. The molecule has 0 spiro atoms. The third-order valence-electron chi connectivity index (χ3n) is 5.60. The first kappa shape index (κ1) is 22.6. The Bertz CT molecular complexity index is 1490. The van der Waals surface area contributed by atoms with Crippen LogP contribution in [0.5, 0.6) is 0 Å². The van der Waals surface area contributed by atoms with Crippen molar-refractivity contribution in [2.24, 2.45) is 0 Å². The van der Waals surface area contributed by atoms with Crippen LogP contribution < -0.4 is 4.31 Å². The molecule has 0 unspecified atom stereocenters. The first-order chi connectivity index (χ1) is 17.1. The van der Waals surface area contributed by atoms with E-state index in [0.29, 0.717) is 18.1 Å². The van der Waals surface area contributed by atoms with E-state index >= 15 is 0 Å². The Kier molecular flexibility index (Phi) is 6.41. The summed E-state index contributed by atoms with van der Waals surface area (Å²) in [6.45, 7) is 0.608. The second kappa shape index (κ2) is 9.95. The molecular weight excluding hydrogens is 456 g/mol. The second-order valence-electron chi connectivity index (χ2n) is 8.08. The van der Waals surface area contributed by atoms with Gasteiger partial charge in [0, 0.05) is 18.0 Å². The van der Waals surface area contributed by atoms with Gasteiger partial charge in [-0.1, -0.05) is 97.1 Å². The van der Waals surface area contributed by atoms with Crippen LogP contribution in [-0.2, 0) is 23.1 Å². The Hall–Kier alpha value is -4.23. The molecule has 0 saturated heterocycles. The first-order valence-electron chi connectivity index (χ1n) is 11.3. The molecule has 0 fully saturated rings. The molecule has 2 aromatic heterocycles. The van der Waals surface area contributed by atoms with Gasteiger partial charge >= 0.3 is 0 Å². The smallest absolute Gasteiger partial charge is 0.266 e. The zero-order valence-electron chi connectivity index (χ0n) is 19.0. The summed E-state index contributed by atoms with van der Waals surface area (Å²) in [4.78, 5) is 4.50. The Morgan fingerprint density at radius 2 is 1.31 bits per heavy atom. The second-order valence-corrected chi connectivity index (χ2v) is 9.91. The summed E-state index contributed by atoms with van der Waals surface area (Å²) in [5, 5.41) is 4.72. The number of aromatic nitrogens is 3. The van der Waals surface area contributed by atoms with Crippen LogP contribution in [-0.4, -0.2) is 23.2 Å². The van der Waals surface area contributed by atoms with Gasteiger partial charge < -0.3 is 0 Å². The fourth-order valence-electron chi connectivity index (χ4n) is 3.90. The number of pyridine rings is 1. The lowest BCUT2D eigenvalue weighted by atomic mass is 10.2. The number of sulfonamides is 1. The molecule has 0 bridgehead atoms. The molecule has 0 aliphatic heterocycles. The van der Waals surface area contributed by atoms with Crippen molar-refractivity contribution < 1.29 is 8.42 Å². The van der Waals surface area contributed by atoms with E-state index in [2.05, 4.69) is 4.98 Å². The van der Waals surface area contributed by atoms with E-state index in [1.54, 1.807) is 35.3 Å². The third-order valence-corrected chi connectivity index (χ3v) is 7.36. The largest absolute Gasteiger partial charge is 0.269 e. The maximum Gasteiger partial charge on any atom is 0.269 e. The van der Waals surface area contributed by atoms with Crippen LogP contribution in [0.25, 0.3) is 11.3 Å². The number of benzene rings is 3. The molecule has 35 heavy (non-hydrogen) atoms. The lowest BCUT2D eigenvalue weighted by Gasteiger charge is -2.23. The minimum atomic E-state index is -4.02. The summed E-state index contributed by atoms with van der Waals surface area (Å²) in [7, 11) is -4.02. The summed E-state index contributed by atoms with van der Waals surface area (Å²) in [5.74, 6) is 0.353. The minimum absolute atomic E-state index is 0.140. The Balaban J connectivity index is 1.63. The normalized spacial score (nSPS) is 11.3. The molecule has 3 aromatic carbocycles. The molecule has 6 nitrogen and oxygen atoms in total. The molecule has 0 aliphatic carbocycles. The van der Waals surface area contributed by atoms with Crippen molar-refractivity contribution in [1.29, 1.82) is 0 Å². The fourth-order valence-corrected chi connectivity index (χ4v) is 5.47. The monoisotopic (exact) mass is 480 g/mol. The van der Waals surface area contributed by atoms with Gasteiger partial charge in [0.05, 0.1) is 13.1 Å². The molecule has 7 heteroatoms. The van der Waals surface area contributed by atoms with E-state index in [1.165, 1.54) is 4.31 Å². The number of nitrogens with zero attached hydrogens (tertiary/aromatic N) is 4. The molecule has 2 heterocycles. The highest BCUT2D eigenvalue weighted by molar-refractivity contribution is 7.93. The summed E-state index contributed by atoms with van der Waals surface area (Å²) in [6, 6.07) is 34.0. The lowest BCUT2D eigenvalue weighted by Crippen LogP contribution is -2.31. The lowest BCUT2D eigenvalue weighted by molar-refractivity contribution is 0.589. The van der Waals surface area contributed by atoms with Crippen molar-refractivity contribution in [2.75, 3.05) is 4.31 Å². The van der Waals surface area contributed by atoms with E-state index in [4.69, 9.17) is 5.10 Å². The highest BCUT2D eigenvalue weighted by atomic mass is 32.2. The van der Waals surface area contributed by atoms with Crippen LogP contribution in [0.1, 0.15) is 11.1 Å². The van der Waals surface area contributed by atoms with Gasteiger partial charge in [-0.05, 0) is 23.3 Å². The maximum atomic E-state index is 14.2. The van der Waals surface area contributed by atoms with Crippen LogP contribution in [0, 0.1) is 0 Å². The summed E-state index contributed by atoms with van der Waals surface area (Å²) < 4.78 is 31.5. The van der Waals surface area contributed by atoms with E-state index in [-0.39, 0.29) is 11.4 Å². The molecular formula is C28H24N4O2S. The molecule has 0 aliphatic rings. The fraction of sp³-hybridized carbons (Fsp3) is 0.0714. The molecule has 0 atom stereocenters. The topological polar surface area (TPSA) is 68.1 Å². The molecule has 0 radical (unpaired) electrons. The van der Waals surface area contributed by atoms with Crippen LogP contribution in [0.3, 0.4) is 0 Å². The number of hydrogen-bond acceptors (Lipinski definition) is 4. The van der Waals surface area contributed by atoms with Crippen molar-refractivity contribution in [3.8, 4) is 11.3 Å². The van der Waals surface area contributed by atoms with Crippen LogP contribution in [0.2, 0.25) is 0 Å². The van der Waals surface area contributed by atoms with Crippen molar-refractivity contribution in [1.82, 2.24) is 14.8 Å². The minimum Gasteiger partial charge on any atom is -0.266 e. The van der Waals surface area contributed by atoms with E-state index in [9.17, 15) is 8.42 Å². The van der Waals surface area contributed by atoms with Crippen LogP contribution >= 0.6 is 0 Å². The SMILES string of the molecule is O=S(=O)(c1cn(Cc2ccccc2)nc1-c1ccccc1)N(Cc1ccccc1)c1ccccn1. The standard InChI is InChI=1S/C28H24N4O2S/c33-35(34,32(27-18-10-11-19-29-27)21-24-14-6-2-7-15-24)26-22-31(20-23-12-4-1-5-13-23)30-28(26)25-16-8-3-9-17-25/h1-19,22H,20-21H2. The van der Waals surface area contributed by atoms with Gasteiger partial charge in [0.25, 0.3) is 10.0 Å². The van der Waals surface area contributed by atoms with Gasteiger partial charge in [0.1, 0.15) is 16.4 Å². The van der Waals surface area contributed by atoms with E-state index < -0.39 is 10.0 Å². The Labute approximate surface area is 205 Å². The van der Waals surface area contributed by atoms with Crippen LogP contribution in [0.4, 0.5) is 5.82 Å². The molecule has 5 rings (SSSR count). The number of anilines is 1. The first-order valence-corrected chi connectivity index (χ1v) is 12.7. The van der Waals surface area contributed by atoms with Gasteiger partial charge in [-0.3, -0.25) is 4.68 Å². The van der Waals surface area contributed by atoms with E-state index in [1.807, 2.05) is 91.0 Å². The van der Waals surface area contributed by atoms with Gasteiger partial charge in [-0.15, -0.1) is 0 Å². The number of hydrogen-bond donors (Lipinski definition) is 0.